The smallest absolute Gasteiger partial charge is 0.137 e. The van der Waals surface area contributed by atoms with Gasteiger partial charge in [0.25, 0.3) is 0 Å². The van der Waals surface area contributed by atoms with Crippen molar-refractivity contribution < 1.29 is 9.47 Å². The Labute approximate surface area is 121 Å². The van der Waals surface area contributed by atoms with E-state index in [0.717, 1.165) is 5.56 Å². The third-order valence-corrected chi connectivity index (χ3v) is 3.38. The first-order valence-electron chi connectivity index (χ1n) is 5.52. The van der Waals surface area contributed by atoms with Gasteiger partial charge in [-0.25, -0.2) is 9.97 Å². The largest absolute Gasteiger partial charge is 0.496 e. The molecule has 19 heavy (non-hydrogen) atoms. The SMILES string of the molecule is COc1cccc(OC)c1Cc1c(Cl)ncnc1Cl. The van der Waals surface area contributed by atoms with Crippen molar-refractivity contribution in [2.75, 3.05) is 14.2 Å². The zero-order chi connectivity index (χ0) is 13.8. The van der Waals surface area contributed by atoms with Crippen molar-refractivity contribution in [2.24, 2.45) is 0 Å². The van der Waals surface area contributed by atoms with Crippen LogP contribution in [-0.4, -0.2) is 24.2 Å². The maximum Gasteiger partial charge on any atom is 0.137 e. The van der Waals surface area contributed by atoms with Gasteiger partial charge < -0.3 is 9.47 Å². The van der Waals surface area contributed by atoms with Crippen molar-refractivity contribution in [3.05, 3.63) is 46.0 Å². The van der Waals surface area contributed by atoms with E-state index < -0.39 is 0 Å². The lowest BCUT2D eigenvalue weighted by Crippen LogP contribution is -2.00. The molecule has 0 unspecified atom stereocenters. The Balaban J connectivity index is 2.48. The van der Waals surface area contributed by atoms with Crippen molar-refractivity contribution in [3.63, 3.8) is 0 Å². The minimum absolute atomic E-state index is 0.327. The van der Waals surface area contributed by atoms with Gasteiger partial charge in [0, 0.05) is 17.5 Å². The lowest BCUT2D eigenvalue weighted by Gasteiger charge is -2.13. The summed E-state index contributed by atoms with van der Waals surface area (Å²) < 4.78 is 10.7. The van der Waals surface area contributed by atoms with E-state index in [4.69, 9.17) is 32.7 Å². The second kappa shape index (κ2) is 6.08. The van der Waals surface area contributed by atoms with Crippen molar-refractivity contribution in [3.8, 4) is 11.5 Å². The van der Waals surface area contributed by atoms with Gasteiger partial charge in [0.05, 0.1) is 14.2 Å². The Hall–Kier alpha value is -1.52. The molecule has 0 saturated carbocycles. The molecular weight excluding hydrogens is 287 g/mol. The topological polar surface area (TPSA) is 44.2 Å². The Morgan fingerprint density at radius 1 is 0.947 bits per heavy atom. The van der Waals surface area contributed by atoms with Gasteiger partial charge in [0.2, 0.25) is 0 Å². The highest BCUT2D eigenvalue weighted by Crippen LogP contribution is 2.33. The van der Waals surface area contributed by atoms with E-state index in [1.807, 2.05) is 18.2 Å². The summed E-state index contributed by atoms with van der Waals surface area (Å²) in [6.45, 7) is 0. The molecule has 0 aliphatic heterocycles. The van der Waals surface area contributed by atoms with E-state index in [2.05, 4.69) is 9.97 Å². The summed E-state index contributed by atoms with van der Waals surface area (Å²) in [5.41, 5.74) is 1.50. The highest BCUT2D eigenvalue weighted by atomic mass is 35.5. The molecule has 1 aromatic heterocycles. The van der Waals surface area contributed by atoms with Gasteiger partial charge in [-0.2, -0.15) is 0 Å². The molecule has 0 aliphatic carbocycles. The van der Waals surface area contributed by atoms with Crippen LogP contribution in [0.2, 0.25) is 10.3 Å². The third kappa shape index (κ3) is 2.91. The average Bonchev–Trinajstić information content (AvgIpc) is 2.42. The number of benzene rings is 1. The lowest BCUT2D eigenvalue weighted by atomic mass is 10.1. The van der Waals surface area contributed by atoms with Gasteiger partial charge in [-0.05, 0) is 12.1 Å². The van der Waals surface area contributed by atoms with Crippen LogP contribution in [-0.2, 0) is 6.42 Å². The van der Waals surface area contributed by atoms with Crippen LogP contribution in [0, 0.1) is 0 Å². The fraction of sp³-hybridized carbons (Fsp3) is 0.231. The highest BCUT2D eigenvalue weighted by Gasteiger charge is 2.15. The molecule has 1 heterocycles. The number of aromatic nitrogens is 2. The Morgan fingerprint density at radius 2 is 1.47 bits per heavy atom. The van der Waals surface area contributed by atoms with Crippen molar-refractivity contribution in [1.82, 2.24) is 9.97 Å². The molecule has 4 nitrogen and oxygen atoms in total. The first-order valence-corrected chi connectivity index (χ1v) is 6.27. The van der Waals surface area contributed by atoms with E-state index >= 15 is 0 Å². The van der Waals surface area contributed by atoms with Crippen LogP contribution in [0.5, 0.6) is 11.5 Å². The van der Waals surface area contributed by atoms with Crippen molar-refractivity contribution in [1.29, 1.82) is 0 Å². The standard InChI is InChI=1S/C13H12Cl2N2O2/c1-18-10-4-3-5-11(19-2)8(10)6-9-12(14)16-7-17-13(9)15/h3-5,7H,6H2,1-2H3. The van der Waals surface area contributed by atoms with Crippen molar-refractivity contribution in [2.45, 2.75) is 6.42 Å². The predicted octanol–water partition coefficient (Wildman–Crippen LogP) is 3.39. The molecule has 2 aromatic rings. The molecule has 0 saturated heterocycles. The van der Waals surface area contributed by atoms with Gasteiger partial charge in [-0.3, -0.25) is 0 Å². The summed E-state index contributed by atoms with van der Waals surface area (Å²) >= 11 is 12.1. The number of hydrogen-bond acceptors (Lipinski definition) is 4. The molecule has 2 rings (SSSR count). The molecule has 0 aliphatic rings. The predicted molar refractivity (Wildman–Crippen MR) is 74.4 cm³/mol. The van der Waals surface area contributed by atoms with Crippen LogP contribution >= 0.6 is 23.2 Å². The number of hydrogen-bond donors (Lipinski definition) is 0. The Morgan fingerprint density at radius 3 is 1.95 bits per heavy atom. The molecule has 0 atom stereocenters. The van der Waals surface area contributed by atoms with Gasteiger partial charge in [-0.15, -0.1) is 0 Å². The number of methoxy groups -OCH3 is 2. The number of ether oxygens (including phenoxy) is 2. The number of nitrogens with zero attached hydrogens (tertiary/aromatic N) is 2. The van der Waals surface area contributed by atoms with Crippen LogP contribution in [0.3, 0.4) is 0 Å². The molecule has 0 amide bonds. The molecular formula is C13H12Cl2N2O2. The van der Waals surface area contributed by atoms with Gasteiger partial charge in [0.1, 0.15) is 28.1 Å². The molecule has 100 valence electrons. The Kier molecular flexibility index (Phi) is 4.45. The van der Waals surface area contributed by atoms with Crippen LogP contribution in [0.25, 0.3) is 0 Å². The summed E-state index contributed by atoms with van der Waals surface area (Å²) in [5.74, 6) is 1.41. The molecule has 0 N–H and O–H groups in total. The molecule has 0 bridgehead atoms. The normalized spacial score (nSPS) is 10.3. The van der Waals surface area contributed by atoms with Gasteiger partial charge in [-0.1, -0.05) is 29.3 Å². The molecule has 1 aromatic carbocycles. The first-order chi connectivity index (χ1) is 9.17. The molecule has 0 spiro atoms. The maximum atomic E-state index is 6.05. The van der Waals surface area contributed by atoms with Gasteiger partial charge >= 0.3 is 0 Å². The quantitative estimate of drug-likeness (QED) is 0.812. The summed E-state index contributed by atoms with van der Waals surface area (Å²) in [6.07, 6.45) is 1.76. The zero-order valence-electron chi connectivity index (χ0n) is 10.5. The molecule has 0 fully saturated rings. The second-order valence-electron chi connectivity index (χ2n) is 3.75. The van der Waals surface area contributed by atoms with Crippen LogP contribution in [0.15, 0.2) is 24.5 Å². The highest BCUT2D eigenvalue weighted by molar-refractivity contribution is 6.34. The zero-order valence-corrected chi connectivity index (χ0v) is 12.0. The van der Waals surface area contributed by atoms with E-state index in [1.54, 1.807) is 14.2 Å². The van der Waals surface area contributed by atoms with E-state index in [0.29, 0.717) is 33.8 Å². The lowest BCUT2D eigenvalue weighted by molar-refractivity contribution is 0.387. The van der Waals surface area contributed by atoms with E-state index in [1.165, 1.54) is 6.33 Å². The minimum Gasteiger partial charge on any atom is -0.496 e. The van der Waals surface area contributed by atoms with E-state index in [9.17, 15) is 0 Å². The monoisotopic (exact) mass is 298 g/mol. The minimum atomic E-state index is 0.327. The van der Waals surface area contributed by atoms with Gasteiger partial charge in [0.15, 0.2) is 0 Å². The third-order valence-electron chi connectivity index (χ3n) is 2.72. The fourth-order valence-corrected chi connectivity index (χ4v) is 2.24. The van der Waals surface area contributed by atoms with Crippen LogP contribution in [0.4, 0.5) is 0 Å². The average molecular weight is 299 g/mol. The molecule has 0 radical (unpaired) electrons. The number of rotatable bonds is 4. The van der Waals surface area contributed by atoms with Crippen molar-refractivity contribution >= 4 is 23.2 Å². The fourth-order valence-electron chi connectivity index (χ4n) is 1.80. The first kappa shape index (κ1) is 13.9. The number of halogens is 2. The second-order valence-corrected chi connectivity index (χ2v) is 4.47. The maximum absolute atomic E-state index is 6.05. The van der Waals surface area contributed by atoms with E-state index in [-0.39, 0.29) is 0 Å². The molecule has 6 heteroatoms. The van der Waals surface area contributed by atoms with Crippen LogP contribution < -0.4 is 9.47 Å². The summed E-state index contributed by atoms with van der Waals surface area (Å²) in [5, 5.41) is 0.654. The Bertz CT molecular complexity index is 548. The van der Waals surface area contributed by atoms with Crippen LogP contribution in [0.1, 0.15) is 11.1 Å². The summed E-state index contributed by atoms with van der Waals surface area (Å²) in [4.78, 5) is 7.87. The summed E-state index contributed by atoms with van der Waals surface area (Å²) in [6, 6.07) is 5.55. The summed E-state index contributed by atoms with van der Waals surface area (Å²) in [7, 11) is 3.20.